The molecule has 0 heterocycles. The van der Waals surface area contributed by atoms with Crippen LogP contribution in [-0.2, 0) is 0 Å². The zero-order valence-corrected chi connectivity index (χ0v) is 14.1. The zero-order chi connectivity index (χ0) is 14.8. The first-order valence-electron chi connectivity index (χ1n) is 8.08. The Morgan fingerprint density at radius 3 is 1.47 bits per heavy atom. The molecule has 116 valence electrons. The van der Waals surface area contributed by atoms with E-state index >= 15 is 0 Å². The Morgan fingerprint density at radius 1 is 0.632 bits per heavy atom. The summed E-state index contributed by atoms with van der Waals surface area (Å²) in [6, 6.07) is 0. The molecule has 1 N–H and O–H groups in total. The summed E-state index contributed by atoms with van der Waals surface area (Å²) in [6.45, 7) is 7.26. The highest BCUT2D eigenvalue weighted by Crippen LogP contribution is 2.09. The Hall–Kier alpha value is -0.120. The molecule has 0 aromatic carbocycles. The third-order valence-electron chi connectivity index (χ3n) is 4.06. The van der Waals surface area contributed by atoms with Gasteiger partial charge in [-0.05, 0) is 32.1 Å². The molecular weight excluding hydrogens is 236 g/mol. The molecule has 0 atom stereocenters. The van der Waals surface area contributed by atoms with Crippen molar-refractivity contribution in [1.29, 1.82) is 0 Å². The van der Waals surface area contributed by atoms with Crippen LogP contribution in [0.25, 0.3) is 0 Å². The summed E-state index contributed by atoms with van der Waals surface area (Å²) < 4.78 is 2.13. The van der Waals surface area contributed by atoms with Crippen molar-refractivity contribution < 1.29 is 14.1 Å². The van der Waals surface area contributed by atoms with Gasteiger partial charge in [-0.3, -0.25) is 0 Å². The van der Waals surface area contributed by atoms with Gasteiger partial charge in [-0.2, -0.15) is 0 Å². The van der Waals surface area contributed by atoms with Crippen LogP contribution in [0.15, 0.2) is 0 Å². The van der Waals surface area contributed by atoms with Crippen LogP contribution in [0.4, 0.5) is 0 Å². The van der Waals surface area contributed by atoms with Gasteiger partial charge in [-0.25, -0.2) is 0 Å². The monoisotopic (exact) mass is 274 g/mol. The molecule has 0 rings (SSSR count). The maximum Gasteiger partial charge on any atom is 0.102 e. The lowest BCUT2D eigenvalue weighted by molar-refractivity contribution is -0.891. The molecule has 0 radical (unpaired) electrons. The zero-order valence-electron chi connectivity index (χ0n) is 14.1. The number of hydrogen-bond donors (Lipinski definition) is 1. The second kappa shape index (κ2) is 9.73. The molecule has 0 saturated heterocycles. The topological polar surface area (TPSA) is 20.2 Å². The summed E-state index contributed by atoms with van der Waals surface area (Å²) in [4.78, 5) is 0. The minimum Gasteiger partial charge on any atom is -0.391 e. The van der Waals surface area contributed by atoms with Gasteiger partial charge >= 0.3 is 0 Å². The molecule has 0 aromatic heterocycles. The summed E-state index contributed by atoms with van der Waals surface area (Å²) in [5, 5.41) is 8.98. The van der Waals surface area contributed by atoms with E-state index in [-0.39, 0.29) is 0 Å². The highest BCUT2D eigenvalue weighted by Gasteiger charge is 2.14. The molecule has 0 unspecified atom stereocenters. The predicted molar refractivity (Wildman–Crippen MR) is 84.1 cm³/mol. The number of aliphatic hydroxyl groups excluding tert-OH is 1. The lowest BCUT2D eigenvalue weighted by Gasteiger charge is -2.29. The van der Waals surface area contributed by atoms with E-state index in [1.54, 1.807) is 0 Å². The second-order valence-corrected chi connectivity index (χ2v) is 7.26. The number of likely N-dealkylation sites (N-methyl/N-ethyl adjacent to an activating group) is 1. The molecule has 0 amide bonds. The minimum absolute atomic E-state index is 0.303. The molecule has 3 heteroatoms. The lowest BCUT2D eigenvalue weighted by atomic mass is 10.1. The van der Waals surface area contributed by atoms with Gasteiger partial charge in [0.05, 0.1) is 54.4 Å². The second-order valence-electron chi connectivity index (χ2n) is 7.26. The molecule has 19 heavy (non-hydrogen) atoms. The molecule has 3 nitrogen and oxygen atoms in total. The number of quaternary nitrogens is 2. The summed E-state index contributed by atoms with van der Waals surface area (Å²) in [5.74, 6) is 0. The number of aliphatic hydroxyl groups is 1. The number of hydrogen-bond acceptors (Lipinski definition) is 1. The molecule has 0 aromatic rings. The van der Waals surface area contributed by atoms with Gasteiger partial charge in [0.1, 0.15) is 6.54 Å². The van der Waals surface area contributed by atoms with Crippen LogP contribution in [-0.4, -0.2) is 75.0 Å². The Balaban J connectivity index is 3.46. The van der Waals surface area contributed by atoms with Gasteiger partial charge in [0.2, 0.25) is 0 Å². The first-order chi connectivity index (χ1) is 8.83. The highest BCUT2D eigenvalue weighted by molar-refractivity contribution is 4.45. The van der Waals surface area contributed by atoms with E-state index < -0.39 is 0 Å². The first-order valence-corrected chi connectivity index (χ1v) is 8.08. The molecule has 0 aliphatic carbocycles. The van der Waals surface area contributed by atoms with Gasteiger partial charge < -0.3 is 14.1 Å². The quantitative estimate of drug-likeness (QED) is 0.428. The van der Waals surface area contributed by atoms with Crippen molar-refractivity contribution in [1.82, 2.24) is 0 Å². The Labute approximate surface area is 121 Å². The van der Waals surface area contributed by atoms with E-state index in [1.807, 2.05) is 0 Å². The van der Waals surface area contributed by atoms with Crippen LogP contribution >= 0.6 is 0 Å². The van der Waals surface area contributed by atoms with E-state index in [0.29, 0.717) is 6.61 Å². The number of nitrogens with zero attached hydrogens (tertiary/aromatic N) is 2. The van der Waals surface area contributed by atoms with Crippen molar-refractivity contribution in [2.45, 2.75) is 45.4 Å². The standard InChI is InChI=1S/C16H38N2O/c1-6-12-17(2,3)13-10-8-7-9-11-14-18(4,5)15-16-19/h19H,6-16H2,1-5H3/q+2. The fourth-order valence-electron chi connectivity index (χ4n) is 2.71. The molecule has 0 bridgehead atoms. The summed E-state index contributed by atoms with van der Waals surface area (Å²) in [6.07, 6.45) is 8.02. The fourth-order valence-corrected chi connectivity index (χ4v) is 2.71. The average molecular weight is 274 g/mol. The minimum atomic E-state index is 0.303. The maximum absolute atomic E-state index is 8.98. The van der Waals surface area contributed by atoms with Crippen LogP contribution < -0.4 is 0 Å². The molecular formula is C16H38N2O+2. The van der Waals surface area contributed by atoms with Crippen molar-refractivity contribution in [3.05, 3.63) is 0 Å². The predicted octanol–water partition coefficient (Wildman–Crippen LogP) is 2.49. The van der Waals surface area contributed by atoms with E-state index in [9.17, 15) is 0 Å². The molecule has 0 saturated carbocycles. The molecule has 0 fully saturated rings. The van der Waals surface area contributed by atoms with Crippen molar-refractivity contribution in [3.63, 3.8) is 0 Å². The van der Waals surface area contributed by atoms with Gasteiger partial charge in [0.25, 0.3) is 0 Å². The van der Waals surface area contributed by atoms with Gasteiger partial charge in [-0.15, -0.1) is 0 Å². The van der Waals surface area contributed by atoms with Crippen molar-refractivity contribution in [2.75, 3.05) is 61.0 Å². The fraction of sp³-hybridized carbons (Fsp3) is 1.00. The highest BCUT2D eigenvalue weighted by atomic mass is 16.3. The Kier molecular flexibility index (Phi) is 9.67. The first kappa shape index (κ1) is 18.9. The van der Waals surface area contributed by atoms with E-state index in [4.69, 9.17) is 5.11 Å². The number of rotatable bonds is 12. The summed E-state index contributed by atoms with van der Waals surface area (Å²) in [5.41, 5.74) is 0. The Bertz CT molecular complexity index is 193. The summed E-state index contributed by atoms with van der Waals surface area (Å²) in [7, 11) is 9.11. The maximum atomic E-state index is 8.98. The number of unbranched alkanes of at least 4 members (excludes halogenated alkanes) is 4. The lowest BCUT2D eigenvalue weighted by Crippen LogP contribution is -2.42. The normalized spacial score (nSPS) is 12.9. The van der Waals surface area contributed by atoms with Crippen molar-refractivity contribution >= 4 is 0 Å². The van der Waals surface area contributed by atoms with Crippen LogP contribution in [0.2, 0.25) is 0 Å². The van der Waals surface area contributed by atoms with Crippen LogP contribution in [0.1, 0.15) is 45.4 Å². The van der Waals surface area contributed by atoms with Crippen LogP contribution in [0.3, 0.4) is 0 Å². The molecule has 0 spiro atoms. The summed E-state index contributed by atoms with van der Waals surface area (Å²) >= 11 is 0. The van der Waals surface area contributed by atoms with Gasteiger partial charge in [0.15, 0.2) is 0 Å². The third-order valence-corrected chi connectivity index (χ3v) is 4.06. The van der Waals surface area contributed by atoms with Crippen molar-refractivity contribution in [2.24, 2.45) is 0 Å². The van der Waals surface area contributed by atoms with Crippen molar-refractivity contribution in [3.8, 4) is 0 Å². The van der Waals surface area contributed by atoms with Crippen LogP contribution in [0.5, 0.6) is 0 Å². The molecule has 0 aliphatic rings. The van der Waals surface area contributed by atoms with Crippen LogP contribution in [0, 0.1) is 0 Å². The third kappa shape index (κ3) is 11.4. The average Bonchev–Trinajstić information content (AvgIpc) is 2.27. The molecule has 0 aliphatic heterocycles. The van der Waals surface area contributed by atoms with E-state index in [0.717, 1.165) is 11.0 Å². The van der Waals surface area contributed by atoms with E-state index in [1.165, 1.54) is 62.6 Å². The smallest absolute Gasteiger partial charge is 0.102 e. The van der Waals surface area contributed by atoms with Gasteiger partial charge in [0, 0.05) is 0 Å². The van der Waals surface area contributed by atoms with E-state index in [2.05, 4.69) is 35.1 Å². The largest absolute Gasteiger partial charge is 0.391 e. The Morgan fingerprint density at radius 2 is 1.05 bits per heavy atom. The SMILES string of the molecule is CCC[N+](C)(C)CCCCCCC[N+](C)(C)CCO. The van der Waals surface area contributed by atoms with Gasteiger partial charge in [-0.1, -0.05) is 13.3 Å².